The topological polar surface area (TPSA) is 24.1 Å². The average molecular weight is 337 g/mol. The van der Waals surface area contributed by atoms with Crippen LogP contribution in [0.25, 0.3) is 0 Å². The van der Waals surface area contributed by atoms with Crippen LogP contribution in [0.5, 0.6) is 0 Å². The normalized spacial score (nSPS) is 19.0. The zero-order valence-electron chi connectivity index (χ0n) is 15.3. The van der Waals surface area contributed by atoms with Gasteiger partial charge in [-0.15, -0.1) is 0 Å². The second-order valence-electron chi connectivity index (χ2n) is 7.32. The van der Waals surface area contributed by atoms with Crippen molar-refractivity contribution in [2.75, 3.05) is 26.2 Å². The third-order valence-electron chi connectivity index (χ3n) is 5.44. The average Bonchev–Trinajstić information content (AvgIpc) is 2.71. The Morgan fingerprint density at radius 2 is 1.16 bits per heavy atom. The van der Waals surface area contributed by atoms with Gasteiger partial charge in [0.15, 0.2) is 0 Å². The van der Waals surface area contributed by atoms with Crippen molar-refractivity contribution in [3.05, 3.63) is 71.8 Å². The SMILES string of the molecule is c1ccc(C2CCNCC2)cc1.c1ccc(CC2CCNCC2)cc1. The van der Waals surface area contributed by atoms with Crippen LogP contribution in [0.4, 0.5) is 0 Å². The molecule has 0 bridgehead atoms. The Bertz CT molecular complexity index is 570. The van der Waals surface area contributed by atoms with Gasteiger partial charge >= 0.3 is 0 Å². The van der Waals surface area contributed by atoms with E-state index in [0.717, 1.165) is 11.8 Å². The molecule has 0 saturated carbocycles. The van der Waals surface area contributed by atoms with Crippen molar-refractivity contribution in [2.45, 2.75) is 38.0 Å². The Labute approximate surface area is 153 Å². The summed E-state index contributed by atoms with van der Waals surface area (Å²) >= 11 is 0. The molecule has 2 saturated heterocycles. The zero-order chi connectivity index (χ0) is 17.2. The molecule has 0 aliphatic carbocycles. The Balaban J connectivity index is 0.000000146. The van der Waals surface area contributed by atoms with E-state index in [-0.39, 0.29) is 0 Å². The summed E-state index contributed by atoms with van der Waals surface area (Å²) in [4.78, 5) is 0. The maximum Gasteiger partial charge on any atom is -0.00431 e. The lowest BCUT2D eigenvalue weighted by Gasteiger charge is -2.22. The third-order valence-corrected chi connectivity index (χ3v) is 5.44. The van der Waals surface area contributed by atoms with Gasteiger partial charge in [0.2, 0.25) is 0 Å². The molecule has 2 aromatic carbocycles. The van der Waals surface area contributed by atoms with Crippen LogP contribution in [0.15, 0.2) is 60.7 Å². The van der Waals surface area contributed by atoms with Crippen LogP contribution in [0.2, 0.25) is 0 Å². The highest BCUT2D eigenvalue weighted by Crippen LogP contribution is 2.24. The van der Waals surface area contributed by atoms with Gasteiger partial charge in [0.25, 0.3) is 0 Å². The van der Waals surface area contributed by atoms with Crippen molar-refractivity contribution in [2.24, 2.45) is 5.92 Å². The second-order valence-corrected chi connectivity index (χ2v) is 7.32. The fourth-order valence-corrected chi connectivity index (χ4v) is 3.91. The van der Waals surface area contributed by atoms with Crippen LogP contribution in [-0.4, -0.2) is 26.2 Å². The van der Waals surface area contributed by atoms with Gasteiger partial charge in [0.05, 0.1) is 0 Å². The minimum atomic E-state index is 0.799. The van der Waals surface area contributed by atoms with Crippen LogP contribution in [0.1, 0.15) is 42.7 Å². The van der Waals surface area contributed by atoms with Crippen molar-refractivity contribution in [1.29, 1.82) is 0 Å². The minimum Gasteiger partial charge on any atom is -0.317 e. The molecule has 2 aromatic rings. The number of benzene rings is 2. The Morgan fingerprint density at radius 1 is 0.640 bits per heavy atom. The Morgan fingerprint density at radius 3 is 1.76 bits per heavy atom. The molecule has 2 fully saturated rings. The first-order valence-electron chi connectivity index (χ1n) is 9.92. The summed E-state index contributed by atoms with van der Waals surface area (Å²) in [5.74, 6) is 1.70. The summed E-state index contributed by atoms with van der Waals surface area (Å²) in [6.07, 6.45) is 6.54. The van der Waals surface area contributed by atoms with Gasteiger partial charge in [0, 0.05) is 0 Å². The van der Waals surface area contributed by atoms with Crippen molar-refractivity contribution < 1.29 is 0 Å². The van der Waals surface area contributed by atoms with Gasteiger partial charge in [0.1, 0.15) is 0 Å². The van der Waals surface area contributed by atoms with E-state index in [1.54, 1.807) is 0 Å². The molecule has 0 unspecified atom stereocenters. The number of nitrogens with one attached hydrogen (secondary N) is 2. The van der Waals surface area contributed by atoms with Crippen LogP contribution in [0.3, 0.4) is 0 Å². The molecule has 2 heterocycles. The fraction of sp³-hybridized carbons (Fsp3) is 0.478. The maximum absolute atomic E-state index is 3.40. The standard InChI is InChI=1S/C12H17N.C11H15N/c1-2-4-11(5-3-1)10-12-6-8-13-9-7-12;1-2-4-10(5-3-1)11-6-8-12-9-7-11/h1-5,12-13H,6-10H2;1-5,11-12H,6-9H2. The van der Waals surface area contributed by atoms with Crippen molar-refractivity contribution in [1.82, 2.24) is 10.6 Å². The summed E-state index contributed by atoms with van der Waals surface area (Å²) in [6.45, 7) is 4.77. The molecule has 2 aliphatic heterocycles. The van der Waals surface area contributed by atoms with Crippen LogP contribution >= 0.6 is 0 Å². The fourth-order valence-electron chi connectivity index (χ4n) is 3.91. The summed E-state index contributed by atoms with van der Waals surface area (Å²) in [5.41, 5.74) is 3.01. The van der Waals surface area contributed by atoms with Crippen molar-refractivity contribution >= 4 is 0 Å². The summed E-state index contributed by atoms with van der Waals surface area (Å²) < 4.78 is 0. The first-order chi connectivity index (χ1) is 12.4. The van der Waals surface area contributed by atoms with Gasteiger partial charge in [-0.25, -0.2) is 0 Å². The Kier molecular flexibility index (Phi) is 7.54. The number of piperidine rings is 2. The first kappa shape index (κ1) is 18.2. The highest BCUT2D eigenvalue weighted by molar-refractivity contribution is 5.20. The van der Waals surface area contributed by atoms with E-state index in [1.165, 1.54) is 69.4 Å². The summed E-state index contributed by atoms with van der Waals surface area (Å²) in [5, 5.41) is 6.78. The smallest absolute Gasteiger partial charge is 0.00431 e. The largest absolute Gasteiger partial charge is 0.317 e. The molecular weight excluding hydrogens is 304 g/mol. The van der Waals surface area contributed by atoms with Crippen molar-refractivity contribution in [3.8, 4) is 0 Å². The van der Waals surface area contributed by atoms with E-state index < -0.39 is 0 Å². The van der Waals surface area contributed by atoms with Crippen LogP contribution in [-0.2, 0) is 6.42 Å². The molecule has 25 heavy (non-hydrogen) atoms. The molecule has 2 heteroatoms. The van der Waals surface area contributed by atoms with E-state index in [2.05, 4.69) is 71.3 Å². The molecule has 0 radical (unpaired) electrons. The molecule has 0 amide bonds. The molecule has 134 valence electrons. The highest BCUT2D eigenvalue weighted by Gasteiger charge is 2.14. The number of hydrogen-bond acceptors (Lipinski definition) is 2. The zero-order valence-corrected chi connectivity index (χ0v) is 15.3. The summed E-state index contributed by atoms with van der Waals surface area (Å²) in [6, 6.07) is 21.7. The quantitative estimate of drug-likeness (QED) is 0.869. The van der Waals surface area contributed by atoms with Crippen molar-refractivity contribution in [3.63, 3.8) is 0 Å². The van der Waals surface area contributed by atoms with Gasteiger partial charge in [-0.1, -0.05) is 60.7 Å². The molecule has 2 aliphatic rings. The molecule has 0 atom stereocenters. The number of rotatable bonds is 3. The Hall–Kier alpha value is -1.64. The van der Waals surface area contributed by atoms with E-state index in [0.29, 0.717) is 0 Å². The second kappa shape index (κ2) is 10.4. The van der Waals surface area contributed by atoms with Gasteiger partial charge in [-0.2, -0.15) is 0 Å². The lowest BCUT2D eigenvalue weighted by molar-refractivity contribution is 0.372. The lowest BCUT2D eigenvalue weighted by atomic mass is 9.90. The summed E-state index contributed by atoms with van der Waals surface area (Å²) in [7, 11) is 0. The molecule has 2 nitrogen and oxygen atoms in total. The monoisotopic (exact) mass is 336 g/mol. The van der Waals surface area contributed by atoms with Crippen LogP contribution in [0, 0.1) is 5.92 Å². The molecule has 0 aromatic heterocycles. The predicted octanol–water partition coefficient (Wildman–Crippen LogP) is 4.38. The van der Waals surface area contributed by atoms with E-state index in [4.69, 9.17) is 0 Å². The lowest BCUT2D eigenvalue weighted by Crippen LogP contribution is -2.28. The molecule has 0 spiro atoms. The first-order valence-corrected chi connectivity index (χ1v) is 9.92. The van der Waals surface area contributed by atoms with Gasteiger partial charge < -0.3 is 10.6 Å². The molecular formula is C23H32N2. The third kappa shape index (κ3) is 6.30. The minimum absolute atomic E-state index is 0.799. The molecule has 2 N–H and O–H groups in total. The van der Waals surface area contributed by atoms with Gasteiger partial charge in [-0.05, 0) is 81.2 Å². The van der Waals surface area contributed by atoms with E-state index >= 15 is 0 Å². The number of hydrogen-bond donors (Lipinski definition) is 2. The van der Waals surface area contributed by atoms with Gasteiger partial charge in [-0.3, -0.25) is 0 Å². The predicted molar refractivity (Wildman–Crippen MR) is 107 cm³/mol. The van der Waals surface area contributed by atoms with E-state index in [9.17, 15) is 0 Å². The van der Waals surface area contributed by atoms with E-state index in [1.807, 2.05) is 0 Å². The highest BCUT2D eigenvalue weighted by atomic mass is 14.9. The molecule has 4 rings (SSSR count). The maximum atomic E-state index is 3.40. The van der Waals surface area contributed by atoms with Crippen LogP contribution < -0.4 is 10.6 Å².